The lowest BCUT2D eigenvalue weighted by atomic mass is 10.1. The van der Waals surface area contributed by atoms with Crippen LogP contribution in [-0.2, 0) is 0 Å². The molecule has 0 saturated carbocycles. The Balaban J connectivity index is 2.55. The summed E-state index contributed by atoms with van der Waals surface area (Å²) in [5, 5.41) is 10.1. The van der Waals surface area contributed by atoms with Crippen LogP contribution >= 0.6 is 23.2 Å². The van der Waals surface area contributed by atoms with E-state index < -0.39 is 0 Å². The fourth-order valence-electron chi connectivity index (χ4n) is 1.67. The van der Waals surface area contributed by atoms with E-state index in [2.05, 4.69) is 9.97 Å². The fraction of sp³-hybridized carbons (Fsp3) is 0.231. The molecule has 0 fully saturated rings. The van der Waals surface area contributed by atoms with Crippen molar-refractivity contribution in [3.05, 3.63) is 40.1 Å². The highest BCUT2D eigenvalue weighted by Crippen LogP contribution is 2.31. The number of phenols is 1. The van der Waals surface area contributed by atoms with Crippen LogP contribution in [0.25, 0.3) is 11.4 Å². The van der Waals surface area contributed by atoms with Gasteiger partial charge in [0.15, 0.2) is 5.82 Å². The Bertz CT molecular complexity index is 562. The van der Waals surface area contributed by atoms with E-state index in [1.807, 2.05) is 13.8 Å². The number of rotatable bonds is 2. The highest BCUT2D eigenvalue weighted by molar-refractivity contribution is 6.34. The lowest BCUT2D eigenvalue weighted by Gasteiger charge is -2.11. The quantitative estimate of drug-likeness (QED) is 0.837. The third-order valence-corrected chi connectivity index (χ3v) is 3.11. The zero-order valence-corrected chi connectivity index (χ0v) is 11.5. The van der Waals surface area contributed by atoms with Crippen LogP contribution in [0.1, 0.15) is 25.3 Å². The van der Waals surface area contributed by atoms with Gasteiger partial charge in [-0.1, -0.05) is 49.2 Å². The van der Waals surface area contributed by atoms with E-state index in [4.69, 9.17) is 23.2 Å². The van der Waals surface area contributed by atoms with Crippen LogP contribution in [0.15, 0.2) is 24.3 Å². The summed E-state index contributed by atoms with van der Waals surface area (Å²) in [4.78, 5) is 8.45. The van der Waals surface area contributed by atoms with Crippen LogP contribution in [0.4, 0.5) is 0 Å². The topological polar surface area (TPSA) is 46.0 Å². The molecule has 2 rings (SSSR count). The molecule has 0 amide bonds. The SMILES string of the molecule is CC(C)c1c(Cl)nc(-c2cccc(O)c2)nc1Cl. The summed E-state index contributed by atoms with van der Waals surface area (Å²) < 4.78 is 0. The average Bonchev–Trinajstić information content (AvgIpc) is 2.27. The molecule has 18 heavy (non-hydrogen) atoms. The standard InChI is InChI=1S/C13H12Cl2N2O/c1-7(2)10-11(14)16-13(17-12(10)15)8-4-3-5-9(18)6-8/h3-7,18H,1-2H3. The third-order valence-electron chi connectivity index (χ3n) is 2.53. The summed E-state index contributed by atoms with van der Waals surface area (Å²) in [6.45, 7) is 3.95. The monoisotopic (exact) mass is 282 g/mol. The highest BCUT2D eigenvalue weighted by atomic mass is 35.5. The van der Waals surface area contributed by atoms with Crippen molar-refractivity contribution < 1.29 is 5.11 Å². The Morgan fingerprint density at radius 1 is 1.11 bits per heavy atom. The van der Waals surface area contributed by atoms with Gasteiger partial charge in [-0.3, -0.25) is 0 Å². The zero-order valence-electron chi connectivity index (χ0n) is 9.98. The largest absolute Gasteiger partial charge is 0.508 e. The lowest BCUT2D eigenvalue weighted by Crippen LogP contribution is -1.99. The molecule has 0 atom stereocenters. The molecule has 0 bridgehead atoms. The number of hydrogen-bond donors (Lipinski definition) is 1. The number of phenolic OH excluding ortho intramolecular Hbond substituents is 1. The first-order valence-corrected chi connectivity index (χ1v) is 6.27. The molecular weight excluding hydrogens is 271 g/mol. The van der Waals surface area contributed by atoms with Gasteiger partial charge in [-0.05, 0) is 18.1 Å². The molecule has 2 aromatic rings. The van der Waals surface area contributed by atoms with Gasteiger partial charge in [-0.25, -0.2) is 9.97 Å². The maximum atomic E-state index is 9.43. The molecule has 1 aromatic carbocycles. The smallest absolute Gasteiger partial charge is 0.162 e. The van der Waals surface area contributed by atoms with Crippen molar-refractivity contribution in [2.75, 3.05) is 0 Å². The molecule has 0 spiro atoms. The van der Waals surface area contributed by atoms with Crippen LogP contribution in [0.2, 0.25) is 10.3 Å². The number of halogens is 2. The third kappa shape index (κ3) is 2.57. The van der Waals surface area contributed by atoms with Gasteiger partial charge in [0.05, 0.1) is 0 Å². The molecule has 1 heterocycles. The maximum Gasteiger partial charge on any atom is 0.162 e. The molecule has 0 saturated heterocycles. The molecular formula is C13H12Cl2N2O. The average molecular weight is 283 g/mol. The summed E-state index contributed by atoms with van der Waals surface area (Å²) in [5.74, 6) is 0.713. The number of nitrogens with zero attached hydrogens (tertiary/aromatic N) is 2. The first-order chi connectivity index (χ1) is 8.49. The minimum absolute atomic E-state index is 0.149. The van der Waals surface area contributed by atoms with Crippen LogP contribution in [0, 0.1) is 0 Å². The maximum absolute atomic E-state index is 9.43. The van der Waals surface area contributed by atoms with Gasteiger partial charge in [0.25, 0.3) is 0 Å². The Morgan fingerprint density at radius 2 is 1.72 bits per heavy atom. The van der Waals surface area contributed by atoms with E-state index in [1.54, 1.807) is 24.3 Å². The Morgan fingerprint density at radius 3 is 2.22 bits per heavy atom. The minimum Gasteiger partial charge on any atom is -0.508 e. The second-order valence-electron chi connectivity index (χ2n) is 4.25. The zero-order chi connectivity index (χ0) is 13.3. The first kappa shape index (κ1) is 13.1. The van der Waals surface area contributed by atoms with Crippen molar-refractivity contribution in [1.82, 2.24) is 9.97 Å². The Kier molecular flexibility index (Phi) is 3.73. The van der Waals surface area contributed by atoms with Gasteiger partial charge < -0.3 is 5.11 Å². The molecule has 3 nitrogen and oxygen atoms in total. The van der Waals surface area contributed by atoms with Crippen molar-refractivity contribution in [3.8, 4) is 17.1 Å². The van der Waals surface area contributed by atoms with Crippen molar-refractivity contribution in [1.29, 1.82) is 0 Å². The highest BCUT2D eigenvalue weighted by Gasteiger charge is 2.15. The van der Waals surface area contributed by atoms with E-state index in [0.717, 1.165) is 5.56 Å². The second kappa shape index (κ2) is 5.12. The first-order valence-electron chi connectivity index (χ1n) is 5.51. The number of aromatic hydroxyl groups is 1. The Hall–Kier alpha value is -1.32. The van der Waals surface area contributed by atoms with Gasteiger partial charge in [0.1, 0.15) is 16.1 Å². The summed E-state index contributed by atoms with van der Waals surface area (Å²) in [6, 6.07) is 6.65. The van der Waals surface area contributed by atoms with Gasteiger partial charge in [-0.2, -0.15) is 0 Å². The van der Waals surface area contributed by atoms with E-state index in [1.165, 1.54) is 0 Å². The summed E-state index contributed by atoms with van der Waals surface area (Å²) in [7, 11) is 0. The second-order valence-corrected chi connectivity index (χ2v) is 4.96. The molecule has 5 heteroatoms. The van der Waals surface area contributed by atoms with E-state index in [0.29, 0.717) is 21.7 Å². The molecule has 0 radical (unpaired) electrons. The molecule has 1 aromatic heterocycles. The number of aromatic nitrogens is 2. The molecule has 94 valence electrons. The van der Waals surface area contributed by atoms with Crippen molar-refractivity contribution in [3.63, 3.8) is 0 Å². The molecule has 0 aliphatic heterocycles. The van der Waals surface area contributed by atoms with E-state index in [-0.39, 0.29) is 11.7 Å². The van der Waals surface area contributed by atoms with Crippen LogP contribution in [-0.4, -0.2) is 15.1 Å². The number of benzene rings is 1. The van der Waals surface area contributed by atoms with E-state index >= 15 is 0 Å². The van der Waals surface area contributed by atoms with Crippen molar-refractivity contribution >= 4 is 23.2 Å². The van der Waals surface area contributed by atoms with Gasteiger partial charge >= 0.3 is 0 Å². The van der Waals surface area contributed by atoms with Crippen molar-refractivity contribution in [2.24, 2.45) is 0 Å². The molecule has 1 N–H and O–H groups in total. The fourth-order valence-corrected chi connectivity index (χ4v) is 2.49. The molecule has 0 aliphatic rings. The number of hydrogen-bond acceptors (Lipinski definition) is 3. The van der Waals surface area contributed by atoms with Crippen LogP contribution in [0.5, 0.6) is 5.75 Å². The minimum atomic E-state index is 0.149. The van der Waals surface area contributed by atoms with Gasteiger partial charge in [-0.15, -0.1) is 0 Å². The van der Waals surface area contributed by atoms with Crippen LogP contribution < -0.4 is 0 Å². The normalized spacial score (nSPS) is 10.9. The van der Waals surface area contributed by atoms with Gasteiger partial charge in [0.2, 0.25) is 0 Å². The van der Waals surface area contributed by atoms with E-state index in [9.17, 15) is 5.11 Å². The summed E-state index contributed by atoms with van der Waals surface area (Å²) >= 11 is 12.2. The lowest BCUT2D eigenvalue weighted by molar-refractivity contribution is 0.475. The molecule has 0 unspecified atom stereocenters. The summed E-state index contributed by atoms with van der Waals surface area (Å²) in [6.07, 6.45) is 0. The Labute approximate surface area is 115 Å². The molecule has 0 aliphatic carbocycles. The van der Waals surface area contributed by atoms with Crippen molar-refractivity contribution in [2.45, 2.75) is 19.8 Å². The van der Waals surface area contributed by atoms with Crippen LogP contribution in [0.3, 0.4) is 0 Å². The van der Waals surface area contributed by atoms with Gasteiger partial charge in [0, 0.05) is 11.1 Å². The predicted molar refractivity (Wildman–Crippen MR) is 73.2 cm³/mol. The summed E-state index contributed by atoms with van der Waals surface area (Å²) in [5.41, 5.74) is 1.41. The predicted octanol–water partition coefficient (Wildman–Crippen LogP) is 4.28.